The Morgan fingerprint density at radius 1 is 1.53 bits per heavy atom. The quantitative estimate of drug-likeness (QED) is 0.586. The van der Waals surface area contributed by atoms with Gasteiger partial charge >= 0.3 is 0 Å². The Morgan fingerprint density at radius 2 is 2.40 bits per heavy atom. The van der Waals surface area contributed by atoms with Crippen LogP contribution >= 0.6 is 11.8 Å². The highest BCUT2D eigenvalue weighted by atomic mass is 32.2. The Balaban J connectivity index is 2.12. The standard InChI is InChI=1S/C9H15N3O2S/c13-3-1-4-15-5-2-10-8-6-9(14)12-7-11-8/h6-7,13H,1-5H2,(H2,10,11,12,14). The zero-order chi connectivity index (χ0) is 10.9. The molecule has 84 valence electrons. The molecule has 0 fully saturated rings. The first kappa shape index (κ1) is 12.1. The highest BCUT2D eigenvalue weighted by Gasteiger charge is 1.93. The summed E-state index contributed by atoms with van der Waals surface area (Å²) in [7, 11) is 0. The van der Waals surface area contributed by atoms with E-state index in [1.54, 1.807) is 11.8 Å². The summed E-state index contributed by atoms with van der Waals surface area (Å²) in [6.07, 6.45) is 2.21. The van der Waals surface area contributed by atoms with Gasteiger partial charge in [-0.3, -0.25) is 4.79 Å². The number of aliphatic hydroxyl groups excluding tert-OH is 1. The lowest BCUT2D eigenvalue weighted by Gasteiger charge is -2.03. The van der Waals surface area contributed by atoms with Gasteiger partial charge < -0.3 is 15.4 Å². The Hall–Kier alpha value is -1.01. The van der Waals surface area contributed by atoms with Crippen LogP contribution in [0.3, 0.4) is 0 Å². The van der Waals surface area contributed by atoms with Gasteiger partial charge in [0.25, 0.3) is 5.56 Å². The minimum atomic E-state index is -0.152. The molecule has 0 aliphatic carbocycles. The number of aromatic amines is 1. The number of anilines is 1. The summed E-state index contributed by atoms with van der Waals surface area (Å²) < 4.78 is 0. The molecule has 0 amide bonds. The maximum Gasteiger partial charge on any atom is 0.252 e. The van der Waals surface area contributed by atoms with E-state index in [1.807, 2.05) is 0 Å². The van der Waals surface area contributed by atoms with Crippen molar-refractivity contribution in [3.8, 4) is 0 Å². The van der Waals surface area contributed by atoms with E-state index < -0.39 is 0 Å². The summed E-state index contributed by atoms with van der Waals surface area (Å²) in [6.45, 7) is 1.02. The molecular formula is C9H15N3O2S. The van der Waals surface area contributed by atoms with Gasteiger partial charge in [-0.25, -0.2) is 4.98 Å². The molecule has 0 spiro atoms. The van der Waals surface area contributed by atoms with Crippen LogP contribution in [0.2, 0.25) is 0 Å². The number of aliphatic hydroxyl groups is 1. The maximum atomic E-state index is 10.9. The monoisotopic (exact) mass is 229 g/mol. The van der Waals surface area contributed by atoms with Crippen molar-refractivity contribution in [2.45, 2.75) is 6.42 Å². The van der Waals surface area contributed by atoms with Gasteiger partial charge in [0.05, 0.1) is 6.33 Å². The zero-order valence-electron chi connectivity index (χ0n) is 8.40. The summed E-state index contributed by atoms with van der Waals surface area (Å²) in [4.78, 5) is 17.3. The lowest BCUT2D eigenvalue weighted by Crippen LogP contribution is -2.11. The average molecular weight is 229 g/mol. The maximum absolute atomic E-state index is 10.9. The van der Waals surface area contributed by atoms with Crippen molar-refractivity contribution in [2.24, 2.45) is 0 Å². The van der Waals surface area contributed by atoms with Crippen molar-refractivity contribution in [3.63, 3.8) is 0 Å². The van der Waals surface area contributed by atoms with E-state index in [0.29, 0.717) is 5.82 Å². The summed E-state index contributed by atoms with van der Waals surface area (Å²) >= 11 is 1.77. The van der Waals surface area contributed by atoms with E-state index in [-0.39, 0.29) is 12.2 Å². The molecule has 0 unspecified atom stereocenters. The summed E-state index contributed by atoms with van der Waals surface area (Å²) in [5, 5.41) is 11.6. The molecule has 15 heavy (non-hydrogen) atoms. The van der Waals surface area contributed by atoms with Crippen LogP contribution < -0.4 is 10.9 Å². The van der Waals surface area contributed by atoms with Crippen molar-refractivity contribution in [1.82, 2.24) is 9.97 Å². The molecule has 0 saturated carbocycles. The van der Waals surface area contributed by atoms with E-state index in [4.69, 9.17) is 5.11 Å². The average Bonchev–Trinajstić information content (AvgIpc) is 2.23. The van der Waals surface area contributed by atoms with Crippen LogP contribution in [0.5, 0.6) is 0 Å². The molecule has 0 bridgehead atoms. The molecule has 6 heteroatoms. The first-order valence-corrected chi connectivity index (χ1v) is 5.95. The summed E-state index contributed by atoms with van der Waals surface area (Å²) in [5.41, 5.74) is -0.152. The lowest BCUT2D eigenvalue weighted by atomic mass is 10.5. The molecule has 0 aliphatic rings. The first-order chi connectivity index (χ1) is 7.33. The number of nitrogens with one attached hydrogen (secondary N) is 2. The van der Waals surface area contributed by atoms with E-state index in [0.717, 1.165) is 24.5 Å². The first-order valence-electron chi connectivity index (χ1n) is 4.80. The molecule has 1 aromatic heterocycles. The summed E-state index contributed by atoms with van der Waals surface area (Å²) in [5.74, 6) is 2.50. The van der Waals surface area contributed by atoms with Crippen molar-refractivity contribution < 1.29 is 5.11 Å². The van der Waals surface area contributed by atoms with Crippen LogP contribution in [-0.2, 0) is 0 Å². The minimum absolute atomic E-state index is 0.152. The van der Waals surface area contributed by atoms with Crippen molar-refractivity contribution in [1.29, 1.82) is 0 Å². The van der Waals surface area contributed by atoms with Crippen molar-refractivity contribution >= 4 is 17.6 Å². The summed E-state index contributed by atoms with van der Waals surface area (Å²) in [6, 6.07) is 1.43. The van der Waals surface area contributed by atoms with Crippen LogP contribution in [0.25, 0.3) is 0 Å². The fraction of sp³-hybridized carbons (Fsp3) is 0.556. The van der Waals surface area contributed by atoms with E-state index in [1.165, 1.54) is 12.4 Å². The van der Waals surface area contributed by atoms with E-state index >= 15 is 0 Å². The number of thioether (sulfide) groups is 1. The second-order valence-corrected chi connectivity index (χ2v) is 4.14. The Labute approximate surface area is 92.3 Å². The van der Waals surface area contributed by atoms with Crippen LogP contribution in [0, 0.1) is 0 Å². The number of nitrogens with zero attached hydrogens (tertiary/aromatic N) is 1. The van der Waals surface area contributed by atoms with Crippen LogP contribution in [-0.4, -0.2) is 39.7 Å². The Morgan fingerprint density at radius 3 is 3.13 bits per heavy atom. The fourth-order valence-electron chi connectivity index (χ4n) is 0.985. The van der Waals surface area contributed by atoms with Crippen LogP contribution in [0.4, 0.5) is 5.82 Å². The molecule has 3 N–H and O–H groups in total. The fourth-order valence-corrected chi connectivity index (χ4v) is 1.77. The smallest absolute Gasteiger partial charge is 0.252 e. The number of H-pyrrole nitrogens is 1. The second-order valence-electron chi connectivity index (χ2n) is 2.91. The Kier molecular flexibility index (Phi) is 5.87. The molecule has 0 saturated heterocycles. The van der Waals surface area contributed by atoms with Gasteiger partial charge in [-0.05, 0) is 12.2 Å². The van der Waals surface area contributed by atoms with Crippen LogP contribution in [0.1, 0.15) is 6.42 Å². The van der Waals surface area contributed by atoms with Crippen molar-refractivity contribution in [2.75, 3.05) is 30.0 Å². The van der Waals surface area contributed by atoms with E-state index in [9.17, 15) is 4.79 Å². The van der Waals surface area contributed by atoms with E-state index in [2.05, 4.69) is 15.3 Å². The Bertz CT molecular complexity index is 329. The SMILES string of the molecule is O=c1cc(NCCSCCCO)nc[nH]1. The zero-order valence-corrected chi connectivity index (χ0v) is 9.22. The molecular weight excluding hydrogens is 214 g/mol. The third kappa shape index (κ3) is 5.44. The molecule has 0 radical (unpaired) electrons. The van der Waals surface area contributed by atoms with Gasteiger partial charge in [0.2, 0.25) is 0 Å². The van der Waals surface area contributed by atoms with Gasteiger partial charge in [0.1, 0.15) is 5.82 Å². The van der Waals surface area contributed by atoms with Gasteiger partial charge in [0.15, 0.2) is 0 Å². The molecule has 1 heterocycles. The van der Waals surface area contributed by atoms with Gasteiger partial charge in [0, 0.05) is 25.0 Å². The molecule has 0 aliphatic heterocycles. The molecule has 0 atom stereocenters. The largest absolute Gasteiger partial charge is 0.396 e. The van der Waals surface area contributed by atoms with Gasteiger partial charge in [-0.15, -0.1) is 0 Å². The topological polar surface area (TPSA) is 78.0 Å². The molecule has 1 aromatic rings. The number of rotatable bonds is 7. The number of hydrogen-bond donors (Lipinski definition) is 3. The van der Waals surface area contributed by atoms with Gasteiger partial charge in [-0.2, -0.15) is 11.8 Å². The number of aromatic nitrogens is 2. The highest BCUT2D eigenvalue weighted by molar-refractivity contribution is 7.99. The predicted octanol–water partition coefficient (Wildman–Crippen LogP) is 0.297. The molecule has 0 aromatic carbocycles. The lowest BCUT2D eigenvalue weighted by molar-refractivity contribution is 0.296. The third-order valence-electron chi connectivity index (χ3n) is 1.68. The predicted molar refractivity (Wildman–Crippen MR) is 62.4 cm³/mol. The highest BCUT2D eigenvalue weighted by Crippen LogP contribution is 2.02. The molecule has 5 nitrogen and oxygen atoms in total. The van der Waals surface area contributed by atoms with Gasteiger partial charge in [-0.1, -0.05) is 0 Å². The van der Waals surface area contributed by atoms with Crippen molar-refractivity contribution in [3.05, 3.63) is 22.7 Å². The number of hydrogen-bond acceptors (Lipinski definition) is 5. The molecule has 1 rings (SSSR count). The third-order valence-corrected chi connectivity index (χ3v) is 2.75. The minimum Gasteiger partial charge on any atom is -0.396 e. The normalized spacial score (nSPS) is 10.2. The second kappa shape index (κ2) is 7.30. The van der Waals surface area contributed by atoms with Crippen LogP contribution in [0.15, 0.2) is 17.2 Å².